The quantitative estimate of drug-likeness (QED) is 0.732. The van der Waals surface area contributed by atoms with Gasteiger partial charge in [-0.05, 0) is 54.7 Å². The van der Waals surface area contributed by atoms with Crippen molar-refractivity contribution in [1.82, 2.24) is 10.2 Å². The lowest BCUT2D eigenvalue weighted by Crippen LogP contribution is -2.36. The second-order valence-electron chi connectivity index (χ2n) is 8.42. The minimum Gasteiger partial charge on any atom is -0.352 e. The van der Waals surface area contributed by atoms with E-state index in [1.807, 2.05) is 50.2 Å². The number of nitriles is 1. The fraction of sp³-hybridized carbons (Fsp3) is 0.400. The number of carbonyl (C=O) groups is 2. The van der Waals surface area contributed by atoms with E-state index in [2.05, 4.69) is 32.2 Å². The second kappa shape index (κ2) is 10.1. The molecule has 30 heavy (non-hydrogen) atoms. The first-order valence-electron chi connectivity index (χ1n) is 10.4. The van der Waals surface area contributed by atoms with Gasteiger partial charge in [-0.15, -0.1) is 0 Å². The number of hydrogen-bond acceptors (Lipinski definition) is 3. The number of carbonyl (C=O) groups excluding carboxylic acids is 2. The Kier molecular flexibility index (Phi) is 7.77. The highest BCUT2D eigenvalue weighted by Gasteiger charge is 2.20. The molecule has 2 amide bonds. The van der Waals surface area contributed by atoms with Crippen LogP contribution in [0, 0.1) is 11.3 Å². The Hall–Kier alpha value is -3.13. The molecule has 0 radical (unpaired) electrons. The summed E-state index contributed by atoms with van der Waals surface area (Å²) in [5, 5.41) is 11.8. The molecule has 0 heterocycles. The number of hydrogen-bond donors (Lipinski definition) is 1. The van der Waals surface area contributed by atoms with E-state index in [4.69, 9.17) is 5.26 Å². The summed E-state index contributed by atoms with van der Waals surface area (Å²) in [6.45, 7) is 11.2. The largest absolute Gasteiger partial charge is 0.352 e. The van der Waals surface area contributed by atoms with E-state index in [0.29, 0.717) is 17.7 Å². The minimum absolute atomic E-state index is 0.0160. The summed E-state index contributed by atoms with van der Waals surface area (Å²) in [4.78, 5) is 26.9. The summed E-state index contributed by atoms with van der Waals surface area (Å²) < 4.78 is 0. The van der Waals surface area contributed by atoms with Gasteiger partial charge >= 0.3 is 0 Å². The van der Waals surface area contributed by atoms with Gasteiger partial charge in [0, 0.05) is 25.1 Å². The van der Waals surface area contributed by atoms with Crippen LogP contribution in [0.3, 0.4) is 0 Å². The maximum Gasteiger partial charge on any atom is 0.251 e. The lowest BCUT2D eigenvalue weighted by Gasteiger charge is -2.28. The highest BCUT2D eigenvalue weighted by molar-refractivity contribution is 5.94. The van der Waals surface area contributed by atoms with Crippen molar-refractivity contribution in [3.63, 3.8) is 0 Å². The van der Waals surface area contributed by atoms with Gasteiger partial charge in [0.05, 0.1) is 17.7 Å². The van der Waals surface area contributed by atoms with Gasteiger partial charge < -0.3 is 10.2 Å². The topological polar surface area (TPSA) is 73.2 Å². The normalized spacial score (nSPS) is 12.0. The molecule has 2 aromatic rings. The van der Waals surface area contributed by atoms with Crippen molar-refractivity contribution >= 4 is 11.8 Å². The summed E-state index contributed by atoms with van der Waals surface area (Å²) in [7, 11) is 0. The van der Waals surface area contributed by atoms with E-state index < -0.39 is 0 Å². The molecule has 0 aliphatic carbocycles. The average molecular weight is 406 g/mol. The maximum absolute atomic E-state index is 12.7. The van der Waals surface area contributed by atoms with E-state index in [0.717, 1.165) is 5.56 Å². The van der Waals surface area contributed by atoms with Crippen LogP contribution >= 0.6 is 0 Å². The Morgan fingerprint density at radius 3 is 2.17 bits per heavy atom. The molecule has 5 heteroatoms. The Morgan fingerprint density at radius 2 is 1.67 bits per heavy atom. The Bertz CT molecular complexity index is 903. The van der Waals surface area contributed by atoms with E-state index in [1.54, 1.807) is 17.0 Å². The molecule has 0 saturated carbocycles. The van der Waals surface area contributed by atoms with Crippen LogP contribution in [0.2, 0.25) is 0 Å². The molecule has 0 aliphatic rings. The molecule has 0 fully saturated rings. The summed E-state index contributed by atoms with van der Waals surface area (Å²) in [6.07, 6.45) is 0.236. The molecule has 5 nitrogen and oxygen atoms in total. The number of rotatable bonds is 7. The fourth-order valence-corrected chi connectivity index (χ4v) is 3.33. The number of nitrogens with zero attached hydrogens (tertiary/aromatic N) is 2. The smallest absolute Gasteiger partial charge is 0.251 e. The molecular formula is C25H31N3O2. The van der Waals surface area contributed by atoms with Crippen molar-refractivity contribution in [3.05, 3.63) is 70.8 Å². The first kappa shape index (κ1) is 23.2. The lowest BCUT2D eigenvalue weighted by molar-refractivity contribution is -0.133. The molecule has 0 aromatic heterocycles. The zero-order valence-corrected chi connectivity index (χ0v) is 18.5. The molecule has 1 atom stereocenters. The first-order chi connectivity index (χ1) is 14.2. The van der Waals surface area contributed by atoms with Gasteiger partial charge in [0.25, 0.3) is 5.91 Å². The van der Waals surface area contributed by atoms with Gasteiger partial charge in [-0.2, -0.15) is 5.26 Å². The number of nitrogens with one attached hydrogen (secondary N) is 1. The van der Waals surface area contributed by atoms with Crippen molar-refractivity contribution < 1.29 is 9.59 Å². The van der Waals surface area contributed by atoms with Gasteiger partial charge in [-0.1, -0.05) is 45.0 Å². The van der Waals surface area contributed by atoms with Gasteiger partial charge in [0.1, 0.15) is 0 Å². The van der Waals surface area contributed by atoms with E-state index in [9.17, 15) is 9.59 Å². The van der Waals surface area contributed by atoms with Crippen LogP contribution < -0.4 is 5.32 Å². The van der Waals surface area contributed by atoms with Crippen LogP contribution in [-0.2, 0) is 10.2 Å². The van der Waals surface area contributed by atoms with Gasteiger partial charge in [0.15, 0.2) is 0 Å². The van der Waals surface area contributed by atoms with Gasteiger partial charge in [-0.25, -0.2) is 0 Å². The minimum atomic E-state index is -0.175. The second-order valence-corrected chi connectivity index (χ2v) is 8.42. The molecule has 1 unspecified atom stereocenters. The van der Waals surface area contributed by atoms with Gasteiger partial charge in [0.2, 0.25) is 5.91 Å². The van der Waals surface area contributed by atoms with Crippen molar-refractivity contribution in [2.75, 3.05) is 13.1 Å². The van der Waals surface area contributed by atoms with Crippen LogP contribution in [0.5, 0.6) is 0 Å². The van der Waals surface area contributed by atoms with Crippen LogP contribution in [0.15, 0.2) is 48.5 Å². The molecule has 2 rings (SSSR count). The average Bonchev–Trinajstić information content (AvgIpc) is 2.73. The molecule has 0 bridgehead atoms. The summed E-state index contributed by atoms with van der Waals surface area (Å²) in [5.41, 5.74) is 3.38. The predicted octanol–water partition coefficient (Wildman–Crippen LogP) is 4.59. The van der Waals surface area contributed by atoms with Crippen LogP contribution in [0.25, 0.3) is 0 Å². The van der Waals surface area contributed by atoms with E-state index >= 15 is 0 Å². The summed E-state index contributed by atoms with van der Waals surface area (Å²) >= 11 is 0. The van der Waals surface area contributed by atoms with Crippen molar-refractivity contribution in [2.45, 2.75) is 52.5 Å². The number of amides is 2. The molecule has 1 N–H and O–H groups in total. The van der Waals surface area contributed by atoms with Crippen molar-refractivity contribution in [1.29, 1.82) is 5.26 Å². The maximum atomic E-state index is 12.7. The highest BCUT2D eigenvalue weighted by Crippen LogP contribution is 2.23. The highest BCUT2D eigenvalue weighted by atomic mass is 16.2. The number of benzene rings is 2. The van der Waals surface area contributed by atoms with E-state index in [-0.39, 0.29) is 36.2 Å². The standard InChI is InChI=1S/C25H31N3O2/c1-6-28(18(2)20-9-7-19(17-26)8-10-20)23(29)15-16-27-24(30)21-11-13-22(14-12-21)25(3,4)5/h7-14,18H,6,15-16H2,1-5H3,(H,27,30). The SMILES string of the molecule is CCN(C(=O)CCNC(=O)c1ccc(C(C)(C)C)cc1)C(C)c1ccc(C#N)cc1. The molecular weight excluding hydrogens is 374 g/mol. The van der Waals surface area contributed by atoms with Crippen LogP contribution in [0.1, 0.15) is 74.1 Å². The Balaban J connectivity index is 1.91. The third kappa shape index (κ3) is 5.93. The van der Waals surface area contributed by atoms with Crippen LogP contribution in [-0.4, -0.2) is 29.8 Å². The van der Waals surface area contributed by atoms with Crippen molar-refractivity contribution in [2.24, 2.45) is 0 Å². The third-order valence-electron chi connectivity index (χ3n) is 5.29. The zero-order chi connectivity index (χ0) is 22.3. The molecule has 158 valence electrons. The monoisotopic (exact) mass is 405 g/mol. The first-order valence-corrected chi connectivity index (χ1v) is 10.4. The van der Waals surface area contributed by atoms with Crippen LogP contribution in [0.4, 0.5) is 0 Å². The predicted molar refractivity (Wildman–Crippen MR) is 119 cm³/mol. The molecule has 0 spiro atoms. The lowest BCUT2D eigenvalue weighted by atomic mass is 9.87. The van der Waals surface area contributed by atoms with E-state index in [1.165, 1.54) is 5.56 Å². The molecule has 0 saturated heterocycles. The van der Waals surface area contributed by atoms with Crippen molar-refractivity contribution in [3.8, 4) is 6.07 Å². The fourth-order valence-electron chi connectivity index (χ4n) is 3.33. The van der Waals surface area contributed by atoms with Gasteiger partial charge in [-0.3, -0.25) is 9.59 Å². The Labute approximate surface area is 179 Å². The third-order valence-corrected chi connectivity index (χ3v) is 5.29. The summed E-state index contributed by atoms with van der Waals surface area (Å²) in [5.74, 6) is -0.191. The summed E-state index contributed by atoms with van der Waals surface area (Å²) in [6, 6.07) is 16.9. The zero-order valence-electron chi connectivity index (χ0n) is 18.5. The molecule has 2 aromatic carbocycles. The molecule has 0 aliphatic heterocycles. The Morgan fingerprint density at radius 1 is 1.07 bits per heavy atom.